The van der Waals surface area contributed by atoms with Crippen LogP contribution in [-0.4, -0.2) is 141 Å². The van der Waals surface area contributed by atoms with Gasteiger partial charge in [-0.3, -0.25) is 9.88 Å². The molecule has 0 radical (unpaired) electrons. The molecule has 0 aromatic carbocycles. The second-order valence-corrected chi connectivity index (χ2v) is 28.9. The van der Waals surface area contributed by atoms with Crippen LogP contribution in [0.2, 0.25) is 10.3 Å². The van der Waals surface area contributed by atoms with Crippen molar-refractivity contribution in [2.75, 3.05) is 30.0 Å². The van der Waals surface area contributed by atoms with E-state index in [-0.39, 0.29) is 81.6 Å². The number of carboxylic acid groups (broad SMARTS) is 1. The van der Waals surface area contributed by atoms with Gasteiger partial charge in [-0.1, -0.05) is 23.2 Å². The average Bonchev–Trinajstić information content (AvgIpc) is 1.62. The summed E-state index contributed by atoms with van der Waals surface area (Å²) in [6.07, 6.45) is 6.96. The predicted octanol–water partition coefficient (Wildman–Crippen LogP) is 10.8. The van der Waals surface area contributed by atoms with Gasteiger partial charge in [0.25, 0.3) is 0 Å². The quantitative estimate of drug-likeness (QED) is 0.0259. The molecule has 1 aliphatic heterocycles. The molecule has 0 amide bonds. The SMILES string of the molecule is CC(C)Nc1cc(-c2ccc3cc(C#N)cnn23)ncc1C(=O)OC(C)(C)C.CC(C)Nc1cc(Cl)ncc1C(=O)O.CC(C)Nc1cc(Cl)ncc1C(=O)OC(C)(C)C.CC1(C)OB(c2ccc3cc(C#N)cnn23)OC1(C)C.CN(C)C(OC(C)(C)C)OC(C)(C)C.[I-]. The van der Waals surface area contributed by atoms with Gasteiger partial charge in [0.05, 0.1) is 91.0 Å². The van der Waals surface area contributed by atoms with Crippen LogP contribution in [0, 0.1) is 22.7 Å². The first-order chi connectivity index (χ1) is 43.2. The Morgan fingerprint density at radius 2 is 0.958 bits per heavy atom. The molecule has 1 aliphatic rings. The van der Waals surface area contributed by atoms with E-state index in [4.69, 9.17) is 67.1 Å². The van der Waals surface area contributed by atoms with Gasteiger partial charge in [-0.25, -0.2) is 33.4 Å². The Balaban J connectivity index is 0.000000317. The number of fused-ring (bicyclic) bond motifs is 2. The molecule has 7 aromatic heterocycles. The normalized spacial score (nSPS) is 13.4. The first-order valence-corrected chi connectivity index (χ1v) is 31.4. The number of aromatic carboxylic acids is 1. The fraction of sp³-hybridized carbons (Fsp3) is 0.500. The van der Waals surface area contributed by atoms with Gasteiger partial charge < -0.3 is 73.3 Å². The van der Waals surface area contributed by atoms with Crippen molar-refractivity contribution in [1.82, 2.24) is 39.1 Å². The number of esters is 2. The first-order valence-electron chi connectivity index (χ1n) is 30.7. The van der Waals surface area contributed by atoms with E-state index in [1.54, 1.807) is 33.4 Å². The van der Waals surface area contributed by atoms with Crippen molar-refractivity contribution in [3.63, 3.8) is 0 Å². The lowest BCUT2D eigenvalue weighted by Crippen LogP contribution is -3.00. The second-order valence-electron chi connectivity index (χ2n) is 28.1. The number of nitrogens with zero attached hydrogens (tertiary/aromatic N) is 10. The minimum atomic E-state index is -1.02. The molecule has 0 saturated carbocycles. The van der Waals surface area contributed by atoms with E-state index in [9.17, 15) is 14.4 Å². The minimum absolute atomic E-state index is 0. The molecule has 516 valence electrons. The molecule has 4 N–H and O–H groups in total. The summed E-state index contributed by atoms with van der Waals surface area (Å²) >= 11 is 11.5. The number of carbonyl (C=O) groups is 3. The van der Waals surface area contributed by atoms with Gasteiger partial charge in [0.1, 0.15) is 50.3 Å². The third kappa shape index (κ3) is 26.0. The number of pyridine rings is 3. The molecule has 0 bridgehead atoms. The van der Waals surface area contributed by atoms with Crippen LogP contribution in [0.25, 0.3) is 22.4 Å². The summed E-state index contributed by atoms with van der Waals surface area (Å²) in [5.41, 5.74) is 5.35. The summed E-state index contributed by atoms with van der Waals surface area (Å²) in [6.45, 7) is 43.0. The Labute approximate surface area is 587 Å². The summed E-state index contributed by atoms with van der Waals surface area (Å²) in [5.74, 6) is -1.85. The summed E-state index contributed by atoms with van der Waals surface area (Å²) in [5, 5.41) is 45.5. The number of ether oxygens (including phenoxy) is 4. The topological polar surface area (TPSA) is 287 Å². The number of rotatable bonds is 14. The number of carboxylic acids is 1. The highest BCUT2D eigenvalue weighted by Gasteiger charge is 2.52. The minimum Gasteiger partial charge on any atom is -1.00 e. The van der Waals surface area contributed by atoms with Gasteiger partial charge >= 0.3 is 25.0 Å². The van der Waals surface area contributed by atoms with Crippen molar-refractivity contribution in [1.29, 1.82) is 10.5 Å². The van der Waals surface area contributed by atoms with Crippen molar-refractivity contribution in [2.24, 2.45) is 0 Å². The highest BCUT2D eigenvalue weighted by molar-refractivity contribution is 6.61. The van der Waals surface area contributed by atoms with Crippen molar-refractivity contribution in [3.8, 4) is 23.5 Å². The highest BCUT2D eigenvalue weighted by atomic mass is 127. The Morgan fingerprint density at radius 3 is 1.35 bits per heavy atom. The number of nitriles is 2. The number of anilines is 3. The van der Waals surface area contributed by atoms with E-state index < -0.39 is 36.2 Å². The van der Waals surface area contributed by atoms with Gasteiger partial charge in [0, 0.05) is 36.7 Å². The molecule has 7 aromatic rings. The summed E-state index contributed by atoms with van der Waals surface area (Å²) < 4.78 is 37.9. The summed E-state index contributed by atoms with van der Waals surface area (Å²) in [4.78, 5) is 49.4. The van der Waals surface area contributed by atoms with E-state index in [2.05, 4.69) is 53.2 Å². The van der Waals surface area contributed by atoms with E-state index in [1.807, 2.05) is 202 Å². The van der Waals surface area contributed by atoms with Crippen molar-refractivity contribution in [3.05, 3.63) is 124 Å². The molecular formula is C68H94BCl2IN13O10-. The van der Waals surface area contributed by atoms with Crippen LogP contribution in [-0.2, 0) is 28.3 Å². The Kier molecular flexibility index (Phi) is 29.5. The number of hydrogen-bond donors (Lipinski definition) is 4. The molecule has 8 rings (SSSR count). The van der Waals surface area contributed by atoms with Crippen LogP contribution < -0.4 is 45.5 Å². The van der Waals surface area contributed by atoms with Crippen LogP contribution in [0.4, 0.5) is 17.1 Å². The van der Waals surface area contributed by atoms with Crippen LogP contribution >= 0.6 is 23.2 Å². The maximum atomic E-state index is 12.6. The number of carbonyl (C=O) groups excluding carboxylic acids is 2. The van der Waals surface area contributed by atoms with E-state index in [0.29, 0.717) is 50.2 Å². The molecule has 1 saturated heterocycles. The Bertz CT molecular complexity index is 3780. The van der Waals surface area contributed by atoms with E-state index >= 15 is 0 Å². The maximum Gasteiger partial charge on any atom is 0.514 e. The number of halogens is 3. The van der Waals surface area contributed by atoms with Gasteiger partial charge in [-0.2, -0.15) is 20.7 Å². The highest BCUT2D eigenvalue weighted by Crippen LogP contribution is 2.37. The molecule has 1 fully saturated rings. The van der Waals surface area contributed by atoms with Gasteiger partial charge in [0.15, 0.2) is 0 Å². The number of aromatic nitrogens is 7. The molecule has 0 spiro atoms. The van der Waals surface area contributed by atoms with E-state index in [0.717, 1.165) is 22.3 Å². The second kappa shape index (κ2) is 34.1. The van der Waals surface area contributed by atoms with Crippen molar-refractivity contribution < 1.29 is 71.7 Å². The van der Waals surface area contributed by atoms with Gasteiger partial charge in [0.2, 0.25) is 6.41 Å². The Hall–Kier alpha value is -7.21. The lowest BCUT2D eigenvalue weighted by atomic mass is 9.85. The van der Waals surface area contributed by atoms with Crippen LogP contribution in [0.15, 0.2) is 85.6 Å². The molecule has 27 heteroatoms. The molecular weight excluding hydrogens is 1370 g/mol. The molecule has 0 atom stereocenters. The van der Waals surface area contributed by atoms with Gasteiger partial charge in [-0.05, 0) is 221 Å². The van der Waals surface area contributed by atoms with E-state index in [1.165, 1.54) is 30.9 Å². The van der Waals surface area contributed by atoms with Gasteiger partial charge in [-0.15, -0.1) is 0 Å². The Morgan fingerprint density at radius 1 is 0.579 bits per heavy atom. The van der Waals surface area contributed by atoms with Crippen LogP contribution in [0.5, 0.6) is 0 Å². The summed E-state index contributed by atoms with van der Waals surface area (Å²) in [6, 6.07) is 20.7. The van der Waals surface area contributed by atoms with Crippen LogP contribution in [0.1, 0.15) is 195 Å². The zero-order chi connectivity index (χ0) is 71.2. The number of nitrogens with one attached hydrogen (secondary N) is 3. The summed E-state index contributed by atoms with van der Waals surface area (Å²) in [7, 11) is 3.44. The average molecular weight is 1460 g/mol. The predicted molar refractivity (Wildman–Crippen MR) is 370 cm³/mol. The lowest BCUT2D eigenvalue weighted by Gasteiger charge is -2.35. The first kappa shape index (κ1) is 82.0. The van der Waals surface area contributed by atoms with Crippen molar-refractivity contribution in [2.45, 2.75) is 210 Å². The lowest BCUT2D eigenvalue weighted by molar-refractivity contribution is -0.285. The monoisotopic (exact) mass is 1460 g/mol. The maximum absolute atomic E-state index is 12.6. The molecule has 8 heterocycles. The zero-order valence-corrected chi connectivity index (χ0v) is 62.9. The zero-order valence-electron chi connectivity index (χ0n) is 59.2. The fourth-order valence-corrected chi connectivity index (χ4v) is 8.54. The molecule has 0 aliphatic carbocycles. The molecule has 23 nitrogen and oxygen atoms in total. The number of hydrogen-bond acceptors (Lipinski definition) is 20. The third-order valence-corrected chi connectivity index (χ3v) is 13.2. The smallest absolute Gasteiger partial charge is 0.514 e. The standard InChI is InChI=1S/C21H23N5O2.C14H16BN3O2.C13H19ClN2O2.C11H25NO2.C9H11ClN2O2.HI/c1-13(2)25-17-9-18(23-12-16(17)20(27)28-21(3,4)5)19-7-6-15-8-14(10-22)11-24-26(15)19;1-13(2)14(3,4)20-15(19-13)12-6-5-11-7-10(8-16)9-17-18(11)12;1-8(2)16-10-6-11(14)15-7-9(10)12(17)18-13(3,4)5;1-10(2,3)13-9(12(7)8)14-11(4,5)6;1-5(2)12-7-3-8(10)11-4-6(7)9(13)14;/h6-9,11-13H,1-5H3,(H,23,25);5-7,9H,1-4H3;6-8H,1-5H3,(H,15,16);9H,1-8H3;3-5H,1-2H3,(H,11,12)(H,13,14);1H/p-1. The third-order valence-electron chi connectivity index (χ3n) is 12.8. The molecule has 0 unspecified atom stereocenters. The van der Waals surface area contributed by atoms with Crippen molar-refractivity contribution >= 4 is 81.9 Å². The largest absolute Gasteiger partial charge is 1.00 e. The molecule has 95 heavy (non-hydrogen) atoms. The fourth-order valence-electron chi connectivity index (χ4n) is 8.23. The van der Waals surface area contributed by atoms with Crippen LogP contribution in [0.3, 0.4) is 0 Å².